The lowest BCUT2D eigenvalue weighted by molar-refractivity contribution is -0.0609. The maximum absolute atomic E-state index is 6.16. The average Bonchev–Trinajstić information content (AvgIpc) is 2.97. The third kappa shape index (κ3) is 2.88. The summed E-state index contributed by atoms with van der Waals surface area (Å²) in [6.07, 6.45) is 5.15. The molecule has 5 heteroatoms. The van der Waals surface area contributed by atoms with E-state index in [0.29, 0.717) is 17.6 Å². The van der Waals surface area contributed by atoms with E-state index in [1.54, 1.807) is 7.11 Å². The molecule has 0 radical (unpaired) electrons. The van der Waals surface area contributed by atoms with Crippen LogP contribution in [0.25, 0.3) is 0 Å². The highest BCUT2D eigenvalue weighted by molar-refractivity contribution is 5.05. The molecule has 1 aliphatic rings. The second-order valence-electron chi connectivity index (χ2n) is 6.25. The van der Waals surface area contributed by atoms with E-state index < -0.39 is 0 Å². The number of nitrogens with zero attached hydrogens (tertiary/aromatic N) is 2. The lowest BCUT2D eigenvalue weighted by atomic mass is 9.79. The van der Waals surface area contributed by atoms with Crippen LogP contribution in [0.5, 0.6) is 0 Å². The highest BCUT2D eigenvalue weighted by Gasteiger charge is 2.40. The Labute approximate surface area is 121 Å². The standard InChI is InChI=1S/C15H27N3O2/c1-5-11(3)12(16)13-17-14(18-20-13)15(19-4)8-6-10(2)7-9-15/h10-12H,5-9,16H2,1-4H3/t10?,11-,12-,15?/m0/s1. The van der Waals surface area contributed by atoms with Gasteiger partial charge in [-0.25, -0.2) is 0 Å². The molecule has 0 unspecified atom stereocenters. The number of rotatable bonds is 5. The fraction of sp³-hybridized carbons (Fsp3) is 0.867. The van der Waals surface area contributed by atoms with Crippen LogP contribution in [0, 0.1) is 11.8 Å². The van der Waals surface area contributed by atoms with Gasteiger partial charge in [0.05, 0.1) is 6.04 Å². The first-order valence-electron chi connectivity index (χ1n) is 7.67. The summed E-state index contributed by atoms with van der Waals surface area (Å²) in [4.78, 5) is 4.54. The quantitative estimate of drug-likeness (QED) is 0.897. The molecule has 1 heterocycles. The monoisotopic (exact) mass is 281 g/mol. The summed E-state index contributed by atoms with van der Waals surface area (Å²) in [5, 5.41) is 4.15. The summed E-state index contributed by atoms with van der Waals surface area (Å²) in [5.74, 6) is 2.27. The van der Waals surface area contributed by atoms with E-state index in [9.17, 15) is 0 Å². The van der Waals surface area contributed by atoms with Crippen molar-refractivity contribution in [2.75, 3.05) is 7.11 Å². The number of hydrogen-bond donors (Lipinski definition) is 1. The maximum Gasteiger partial charge on any atom is 0.243 e. The fourth-order valence-corrected chi connectivity index (χ4v) is 2.80. The smallest absolute Gasteiger partial charge is 0.243 e. The molecule has 114 valence electrons. The molecule has 5 nitrogen and oxygen atoms in total. The van der Waals surface area contributed by atoms with E-state index in [-0.39, 0.29) is 11.6 Å². The van der Waals surface area contributed by atoms with Crippen LogP contribution < -0.4 is 5.73 Å². The van der Waals surface area contributed by atoms with Gasteiger partial charge in [0.2, 0.25) is 11.7 Å². The third-order valence-corrected chi connectivity index (χ3v) is 4.86. The summed E-state index contributed by atoms with van der Waals surface area (Å²) < 4.78 is 11.2. The van der Waals surface area contributed by atoms with E-state index in [1.165, 1.54) is 0 Å². The Hall–Kier alpha value is -0.940. The van der Waals surface area contributed by atoms with Crippen LogP contribution in [0.4, 0.5) is 0 Å². The Morgan fingerprint density at radius 2 is 2.10 bits per heavy atom. The molecule has 1 fully saturated rings. The SMILES string of the molecule is CC[C@H](C)[C@H](N)c1nc(C2(OC)CCC(C)CC2)no1. The van der Waals surface area contributed by atoms with Crippen molar-refractivity contribution in [3.05, 3.63) is 11.7 Å². The zero-order chi connectivity index (χ0) is 14.8. The van der Waals surface area contributed by atoms with Crippen LogP contribution in [0.2, 0.25) is 0 Å². The van der Waals surface area contributed by atoms with Gasteiger partial charge in [0.1, 0.15) is 5.60 Å². The highest BCUT2D eigenvalue weighted by Crippen LogP contribution is 2.41. The van der Waals surface area contributed by atoms with Crippen LogP contribution in [0.1, 0.15) is 70.6 Å². The third-order valence-electron chi connectivity index (χ3n) is 4.86. The van der Waals surface area contributed by atoms with Crippen molar-refractivity contribution in [3.8, 4) is 0 Å². The second-order valence-corrected chi connectivity index (χ2v) is 6.25. The lowest BCUT2D eigenvalue weighted by Gasteiger charge is -2.35. The maximum atomic E-state index is 6.16. The predicted octanol–water partition coefficient (Wildman–Crippen LogP) is 3.17. The molecule has 2 rings (SSSR count). The summed E-state index contributed by atoms with van der Waals surface area (Å²) >= 11 is 0. The van der Waals surface area contributed by atoms with E-state index in [4.69, 9.17) is 15.0 Å². The molecule has 1 aromatic heterocycles. The van der Waals surface area contributed by atoms with Crippen LogP contribution in [0.15, 0.2) is 4.52 Å². The first-order chi connectivity index (χ1) is 9.52. The van der Waals surface area contributed by atoms with Gasteiger partial charge in [0.25, 0.3) is 0 Å². The van der Waals surface area contributed by atoms with Crippen LogP contribution in [0.3, 0.4) is 0 Å². The molecule has 1 saturated carbocycles. The predicted molar refractivity (Wildman–Crippen MR) is 77.0 cm³/mol. The minimum Gasteiger partial charge on any atom is -0.370 e. The number of ether oxygens (including phenoxy) is 1. The first-order valence-corrected chi connectivity index (χ1v) is 7.67. The molecule has 20 heavy (non-hydrogen) atoms. The molecule has 2 atom stereocenters. The molecule has 0 aromatic carbocycles. The van der Waals surface area contributed by atoms with Crippen molar-refractivity contribution in [3.63, 3.8) is 0 Å². The Balaban J connectivity index is 2.18. The summed E-state index contributed by atoms with van der Waals surface area (Å²) in [5.41, 5.74) is 5.78. The Morgan fingerprint density at radius 3 is 2.65 bits per heavy atom. The van der Waals surface area contributed by atoms with Crippen molar-refractivity contribution < 1.29 is 9.26 Å². The van der Waals surface area contributed by atoms with Crippen LogP contribution >= 0.6 is 0 Å². The van der Waals surface area contributed by atoms with Gasteiger partial charge >= 0.3 is 0 Å². The van der Waals surface area contributed by atoms with Crippen molar-refractivity contribution in [1.82, 2.24) is 10.1 Å². The molecular weight excluding hydrogens is 254 g/mol. The fourth-order valence-electron chi connectivity index (χ4n) is 2.80. The van der Waals surface area contributed by atoms with Gasteiger partial charge in [0.15, 0.2) is 0 Å². The summed E-state index contributed by atoms with van der Waals surface area (Å²) in [6, 6.07) is -0.197. The first kappa shape index (κ1) is 15.4. The Bertz CT molecular complexity index is 425. The zero-order valence-corrected chi connectivity index (χ0v) is 13.1. The molecule has 0 amide bonds. The molecule has 0 spiro atoms. The molecule has 0 bridgehead atoms. The van der Waals surface area contributed by atoms with E-state index in [2.05, 4.69) is 30.9 Å². The van der Waals surface area contributed by atoms with E-state index in [0.717, 1.165) is 38.0 Å². The van der Waals surface area contributed by atoms with Gasteiger partial charge in [-0.3, -0.25) is 0 Å². The van der Waals surface area contributed by atoms with Crippen molar-refractivity contribution in [2.24, 2.45) is 17.6 Å². The van der Waals surface area contributed by atoms with Gasteiger partial charge in [-0.15, -0.1) is 0 Å². The van der Waals surface area contributed by atoms with Crippen molar-refractivity contribution in [2.45, 2.75) is 64.5 Å². The molecule has 0 aliphatic heterocycles. The molecule has 2 N–H and O–H groups in total. The minimum absolute atomic E-state index is 0.197. The second kappa shape index (κ2) is 6.22. The van der Waals surface area contributed by atoms with Crippen LogP contribution in [-0.2, 0) is 10.3 Å². The van der Waals surface area contributed by atoms with Crippen molar-refractivity contribution >= 4 is 0 Å². The number of methoxy groups -OCH3 is 1. The van der Waals surface area contributed by atoms with Gasteiger partial charge in [0, 0.05) is 7.11 Å². The number of nitrogens with two attached hydrogens (primary N) is 1. The highest BCUT2D eigenvalue weighted by atomic mass is 16.5. The molecular formula is C15H27N3O2. The van der Waals surface area contributed by atoms with Gasteiger partial charge in [-0.2, -0.15) is 4.98 Å². The summed E-state index contributed by atoms with van der Waals surface area (Å²) in [7, 11) is 1.74. The van der Waals surface area contributed by atoms with E-state index in [1.807, 2.05) is 0 Å². The van der Waals surface area contributed by atoms with Crippen LogP contribution in [-0.4, -0.2) is 17.3 Å². The lowest BCUT2D eigenvalue weighted by Crippen LogP contribution is -2.34. The van der Waals surface area contributed by atoms with E-state index >= 15 is 0 Å². The molecule has 1 aliphatic carbocycles. The van der Waals surface area contributed by atoms with Gasteiger partial charge < -0.3 is 15.0 Å². The minimum atomic E-state index is -0.385. The number of aromatic nitrogens is 2. The normalized spacial score (nSPS) is 30.1. The summed E-state index contributed by atoms with van der Waals surface area (Å²) in [6.45, 7) is 6.49. The zero-order valence-electron chi connectivity index (χ0n) is 13.1. The largest absolute Gasteiger partial charge is 0.370 e. The van der Waals surface area contributed by atoms with Gasteiger partial charge in [-0.1, -0.05) is 32.3 Å². The van der Waals surface area contributed by atoms with Crippen molar-refractivity contribution in [1.29, 1.82) is 0 Å². The topological polar surface area (TPSA) is 74.2 Å². The van der Waals surface area contributed by atoms with Gasteiger partial charge in [-0.05, 0) is 37.5 Å². The average molecular weight is 281 g/mol. The number of hydrogen-bond acceptors (Lipinski definition) is 5. The Morgan fingerprint density at radius 1 is 1.45 bits per heavy atom. The molecule has 0 saturated heterocycles. The Kier molecular flexibility index (Phi) is 4.81. The molecule has 1 aromatic rings.